The number of amides is 4. The molecule has 0 aliphatic carbocycles. The van der Waals surface area contributed by atoms with Crippen molar-refractivity contribution >= 4 is 31.8 Å². The van der Waals surface area contributed by atoms with E-state index in [0.29, 0.717) is 5.56 Å². The summed E-state index contributed by atoms with van der Waals surface area (Å²) in [7, 11) is -2.12. The Kier molecular flexibility index (Phi) is 14.5. The number of carbonyl (C=O) groups is 4. The first-order valence-corrected chi connectivity index (χ1v) is 16.0. The molecule has 0 aliphatic heterocycles. The summed E-state index contributed by atoms with van der Waals surface area (Å²) >= 11 is 0. The number of hydrogen-bond donors (Lipinski definition) is 5. The summed E-state index contributed by atoms with van der Waals surface area (Å²) in [5.74, 6) is -4.02. The second-order valence-electron chi connectivity index (χ2n) is 10.3. The fourth-order valence-corrected chi connectivity index (χ4v) is 5.52. The zero-order valence-electron chi connectivity index (χ0n) is 25.3. The van der Waals surface area contributed by atoms with E-state index in [-0.39, 0.29) is 24.6 Å². The zero-order valence-corrected chi connectivity index (χ0v) is 26.2. The van der Waals surface area contributed by atoms with Crippen LogP contribution in [0.25, 0.3) is 0 Å². The van der Waals surface area contributed by atoms with Gasteiger partial charge in [0.05, 0.1) is 26.6 Å². The SMILES string of the molecule is Cc1ccccc1.NC(=O)CNC(=O)C(Cc1ccncc1)NC(=O)CP(O)C(Cc1ccccc1)NC(=O)c1cccc(F)c1. The molecule has 0 fully saturated rings. The van der Waals surface area contributed by atoms with Crippen molar-refractivity contribution in [2.45, 2.75) is 31.6 Å². The van der Waals surface area contributed by atoms with Gasteiger partial charge in [-0.1, -0.05) is 72.3 Å². The van der Waals surface area contributed by atoms with Gasteiger partial charge in [0.15, 0.2) is 0 Å². The summed E-state index contributed by atoms with van der Waals surface area (Å²) in [6, 6.07) is 26.8. The van der Waals surface area contributed by atoms with Crippen LogP contribution in [0.1, 0.15) is 27.0 Å². The molecular weight excluding hydrogens is 608 g/mol. The van der Waals surface area contributed by atoms with Crippen LogP contribution in [-0.4, -0.2) is 58.0 Å². The molecule has 12 heteroatoms. The fraction of sp³-hybridized carbons (Fsp3) is 0.206. The van der Waals surface area contributed by atoms with Crippen molar-refractivity contribution < 1.29 is 28.5 Å². The molecule has 10 nitrogen and oxygen atoms in total. The predicted molar refractivity (Wildman–Crippen MR) is 175 cm³/mol. The minimum atomic E-state index is -2.12. The van der Waals surface area contributed by atoms with Crippen molar-refractivity contribution in [2.75, 3.05) is 12.7 Å². The quantitative estimate of drug-likeness (QED) is 0.140. The largest absolute Gasteiger partial charge is 0.371 e. The topological polar surface area (TPSA) is 164 Å². The van der Waals surface area contributed by atoms with E-state index in [1.807, 2.05) is 48.5 Å². The van der Waals surface area contributed by atoms with Crippen LogP contribution < -0.4 is 21.7 Å². The summed E-state index contributed by atoms with van der Waals surface area (Å²) in [5, 5.41) is 7.70. The Morgan fingerprint density at radius 1 is 0.848 bits per heavy atom. The van der Waals surface area contributed by atoms with Gasteiger partial charge in [-0.3, -0.25) is 24.2 Å². The molecule has 0 radical (unpaired) electrons. The van der Waals surface area contributed by atoms with Crippen LogP contribution >= 0.6 is 8.15 Å². The number of nitrogens with one attached hydrogen (secondary N) is 3. The number of aromatic nitrogens is 1. The van der Waals surface area contributed by atoms with Crippen LogP contribution in [0.15, 0.2) is 109 Å². The highest BCUT2D eigenvalue weighted by Gasteiger charge is 2.28. The highest BCUT2D eigenvalue weighted by Crippen LogP contribution is 2.36. The molecule has 0 saturated heterocycles. The molecule has 240 valence electrons. The molecule has 0 aliphatic rings. The monoisotopic (exact) mass is 645 g/mol. The summed E-state index contributed by atoms with van der Waals surface area (Å²) < 4.78 is 13.6. The van der Waals surface area contributed by atoms with Crippen LogP contribution in [0.5, 0.6) is 0 Å². The van der Waals surface area contributed by atoms with Crippen molar-refractivity contribution in [3.63, 3.8) is 0 Å². The summed E-state index contributed by atoms with van der Waals surface area (Å²) in [6.07, 6.45) is 3.02. The molecular formula is C34H37FN5O5P. The third-order valence-electron chi connectivity index (χ3n) is 6.54. The maximum atomic E-state index is 13.6. The Balaban J connectivity index is 0.000000724. The predicted octanol–water partition coefficient (Wildman–Crippen LogP) is 3.23. The van der Waals surface area contributed by atoms with E-state index in [1.54, 1.807) is 12.1 Å². The van der Waals surface area contributed by atoms with Gasteiger partial charge in [0.2, 0.25) is 17.7 Å². The highest BCUT2D eigenvalue weighted by molar-refractivity contribution is 7.53. The maximum Gasteiger partial charge on any atom is 0.251 e. The second kappa shape index (κ2) is 18.7. The number of carbonyl (C=O) groups excluding carboxylic acids is 4. The molecule has 3 aromatic carbocycles. The zero-order chi connectivity index (χ0) is 33.3. The second-order valence-corrected chi connectivity index (χ2v) is 12.1. The molecule has 0 spiro atoms. The van der Waals surface area contributed by atoms with Gasteiger partial charge in [-0.2, -0.15) is 0 Å². The van der Waals surface area contributed by atoms with E-state index >= 15 is 0 Å². The summed E-state index contributed by atoms with van der Waals surface area (Å²) in [5.41, 5.74) is 8.03. The third-order valence-corrected chi connectivity index (χ3v) is 8.18. The number of nitrogens with zero attached hydrogens (tertiary/aromatic N) is 1. The highest BCUT2D eigenvalue weighted by atomic mass is 31.1. The number of benzene rings is 3. The van der Waals surface area contributed by atoms with Gasteiger partial charge in [0, 0.05) is 24.4 Å². The average Bonchev–Trinajstić information content (AvgIpc) is 3.04. The molecule has 1 aromatic heterocycles. The van der Waals surface area contributed by atoms with Crippen molar-refractivity contribution in [3.05, 3.63) is 138 Å². The lowest BCUT2D eigenvalue weighted by molar-refractivity contribution is -0.129. The van der Waals surface area contributed by atoms with Crippen LogP contribution in [-0.2, 0) is 27.2 Å². The average molecular weight is 646 g/mol. The number of aryl methyl sites for hydroxylation is 1. The van der Waals surface area contributed by atoms with Crippen LogP contribution in [0.3, 0.4) is 0 Å². The first-order chi connectivity index (χ1) is 22.1. The van der Waals surface area contributed by atoms with E-state index in [9.17, 15) is 28.5 Å². The van der Waals surface area contributed by atoms with E-state index < -0.39 is 56.0 Å². The molecule has 6 N–H and O–H groups in total. The number of pyridine rings is 1. The van der Waals surface area contributed by atoms with E-state index in [4.69, 9.17) is 5.73 Å². The van der Waals surface area contributed by atoms with Gasteiger partial charge in [-0.15, -0.1) is 0 Å². The minimum Gasteiger partial charge on any atom is -0.371 e. The molecule has 4 amide bonds. The lowest BCUT2D eigenvalue weighted by atomic mass is 10.1. The van der Waals surface area contributed by atoms with E-state index in [1.165, 1.54) is 36.2 Å². The summed E-state index contributed by atoms with van der Waals surface area (Å²) in [4.78, 5) is 64.5. The Morgan fingerprint density at radius 2 is 1.48 bits per heavy atom. The van der Waals surface area contributed by atoms with E-state index in [0.717, 1.165) is 11.6 Å². The lowest BCUT2D eigenvalue weighted by Crippen LogP contribution is -2.50. The number of halogens is 1. The van der Waals surface area contributed by atoms with Crippen LogP contribution in [0, 0.1) is 12.7 Å². The first-order valence-electron chi connectivity index (χ1n) is 14.4. The molecule has 3 atom stereocenters. The standard InChI is InChI=1S/C27H29FN5O5P.C7H8/c28-21-8-4-7-20(15-21)26(36)33-25(14-18-5-2-1-3-6-18)39(38)17-24(35)32-22(27(37)31-16-23(29)34)13-19-9-11-30-12-10-19;1-7-5-3-2-4-6-7/h1-12,15,22,25,38H,13-14,16-17H2,(H2,29,34)(H,31,37)(H,32,35)(H,33,36);2-6H,1H3. The molecule has 4 aromatic rings. The molecule has 3 unspecified atom stereocenters. The molecule has 0 bridgehead atoms. The van der Waals surface area contributed by atoms with Gasteiger partial charge < -0.3 is 26.6 Å². The fourth-order valence-electron chi connectivity index (χ4n) is 4.23. The first kappa shape index (κ1) is 35.5. The number of rotatable bonds is 13. The number of hydrogen-bond acceptors (Lipinski definition) is 6. The van der Waals surface area contributed by atoms with Gasteiger partial charge >= 0.3 is 0 Å². The number of nitrogens with two attached hydrogens (primary N) is 1. The Labute approximate surface area is 268 Å². The van der Waals surface area contributed by atoms with Crippen LogP contribution in [0.4, 0.5) is 4.39 Å². The molecule has 0 saturated carbocycles. The van der Waals surface area contributed by atoms with Gasteiger partial charge in [0.1, 0.15) is 11.9 Å². The minimum absolute atomic E-state index is 0.0736. The van der Waals surface area contributed by atoms with Crippen LogP contribution in [0.2, 0.25) is 0 Å². The molecule has 4 rings (SSSR count). The lowest BCUT2D eigenvalue weighted by Gasteiger charge is -2.25. The summed E-state index contributed by atoms with van der Waals surface area (Å²) in [6.45, 7) is 1.68. The van der Waals surface area contributed by atoms with Crippen molar-refractivity contribution in [1.82, 2.24) is 20.9 Å². The Bertz CT molecular complexity index is 1560. The Morgan fingerprint density at radius 3 is 2.07 bits per heavy atom. The smallest absolute Gasteiger partial charge is 0.251 e. The number of primary amides is 1. The van der Waals surface area contributed by atoms with Gasteiger partial charge in [0.25, 0.3) is 5.91 Å². The normalized spacial score (nSPS) is 12.3. The molecule has 46 heavy (non-hydrogen) atoms. The van der Waals surface area contributed by atoms with Gasteiger partial charge in [-0.25, -0.2) is 4.39 Å². The molecule has 1 heterocycles. The maximum absolute atomic E-state index is 13.6. The van der Waals surface area contributed by atoms with Crippen molar-refractivity contribution in [3.8, 4) is 0 Å². The third kappa shape index (κ3) is 12.9. The van der Waals surface area contributed by atoms with E-state index in [2.05, 4.69) is 40.0 Å². The Hall–Kier alpha value is -4.99. The van der Waals surface area contributed by atoms with Crippen molar-refractivity contribution in [1.29, 1.82) is 0 Å². The van der Waals surface area contributed by atoms with Gasteiger partial charge in [-0.05, 0) is 54.8 Å². The van der Waals surface area contributed by atoms with Crippen molar-refractivity contribution in [2.24, 2.45) is 5.73 Å².